The van der Waals surface area contributed by atoms with E-state index < -0.39 is 26.4 Å². The van der Waals surface area contributed by atoms with Crippen LogP contribution in [0.1, 0.15) is 20.3 Å². The molecule has 2 rings (SSSR count). The second-order valence-electron chi connectivity index (χ2n) is 6.34. The van der Waals surface area contributed by atoms with Gasteiger partial charge in [-0.2, -0.15) is 0 Å². The lowest BCUT2D eigenvalue weighted by molar-refractivity contribution is -0.161. The maximum Gasteiger partial charge on any atom is 0.406 e. The van der Waals surface area contributed by atoms with E-state index in [0.29, 0.717) is 0 Å². The van der Waals surface area contributed by atoms with Crippen molar-refractivity contribution >= 4 is 30.9 Å². The molecule has 168 valence electrons. The predicted molar refractivity (Wildman–Crippen MR) is 123 cm³/mol. The Hall–Kier alpha value is -2.74. The average molecular weight is 445 g/mol. The lowest BCUT2D eigenvalue weighted by atomic mass is 10.1. The molecular weight excluding hydrogens is 412 g/mol. The molecule has 0 spiro atoms. The van der Waals surface area contributed by atoms with E-state index in [4.69, 9.17) is 18.3 Å². The van der Waals surface area contributed by atoms with Gasteiger partial charge in [0.05, 0.1) is 13.2 Å². The van der Waals surface area contributed by atoms with Gasteiger partial charge in [-0.15, -0.1) is 6.58 Å². The van der Waals surface area contributed by atoms with Crippen LogP contribution in [0.15, 0.2) is 73.3 Å². The fourth-order valence-corrected chi connectivity index (χ4v) is 5.68. The third kappa shape index (κ3) is 7.47. The first-order valence-electron chi connectivity index (χ1n) is 10.2. The lowest BCUT2D eigenvalue weighted by Gasteiger charge is -2.27. The van der Waals surface area contributed by atoms with Crippen LogP contribution in [0, 0.1) is 5.92 Å². The maximum absolute atomic E-state index is 11.3. The quantitative estimate of drug-likeness (QED) is 0.243. The van der Waals surface area contributed by atoms with Crippen LogP contribution in [-0.2, 0) is 27.9 Å². The van der Waals surface area contributed by atoms with Crippen LogP contribution in [0.2, 0.25) is 0 Å². The van der Waals surface area contributed by atoms with Gasteiger partial charge in [0.15, 0.2) is 5.92 Å². The van der Waals surface area contributed by atoms with Gasteiger partial charge >= 0.3 is 20.5 Å². The first kappa shape index (κ1) is 26.3. The molecule has 0 aliphatic rings. The van der Waals surface area contributed by atoms with Gasteiger partial charge in [0.25, 0.3) is 0 Å². The van der Waals surface area contributed by atoms with Crippen LogP contribution >= 0.6 is 0 Å². The topological polar surface area (TPSA) is 71.1 Å². The van der Waals surface area contributed by atoms with Crippen molar-refractivity contribution in [1.29, 1.82) is 0 Å². The van der Waals surface area contributed by atoms with Crippen LogP contribution in [0.4, 0.5) is 0 Å². The van der Waals surface area contributed by atoms with Crippen LogP contribution < -0.4 is 10.4 Å². The van der Waals surface area contributed by atoms with E-state index in [0.717, 1.165) is 10.4 Å². The maximum atomic E-state index is 11.3. The Labute approximate surface area is 186 Å². The standard InChI is InChI=1S/C14H16O2Si.C10H16O4/c1-15-17(16-2,13-9-5-3-6-10-13)14-11-7-4-8-12-14;1-4-7-8(9(11)13-5-2)10(12)14-6-3/h3-12H,1-2H3;4,8H,1,5-7H2,2-3H3. The Morgan fingerprint density at radius 3 is 1.52 bits per heavy atom. The largest absolute Gasteiger partial charge is 0.465 e. The molecule has 0 fully saturated rings. The van der Waals surface area contributed by atoms with E-state index >= 15 is 0 Å². The van der Waals surface area contributed by atoms with Crippen molar-refractivity contribution in [1.82, 2.24) is 0 Å². The molecule has 2 aromatic carbocycles. The van der Waals surface area contributed by atoms with Gasteiger partial charge in [0.1, 0.15) is 0 Å². The summed E-state index contributed by atoms with van der Waals surface area (Å²) in [6, 6.07) is 20.3. The fourth-order valence-electron chi connectivity index (χ4n) is 2.98. The Morgan fingerprint density at radius 2 is 1.23 bits per heavy atom. The molecule has 0 amide bonds. The molecule has 0 N–H and O–H groups in total. The molecule has 0 aromatic heterocycles. The molecule has 0 unspecified atom stereocenters. The summed E-state index contributed by atoms with van der Waals surface area (Å²) in [5.74, 6) is -1.97. The molecule has 6 nitrogen and oxygen atoms in total. The van der Waals surface area contributed by atoms with E-state index in [9.17, 15) is 9.59 Å². The highest BCUT2D eigenvalue weighted by Crippen LogP contribution is 2.09. The minimum Gasteiger partial charge on any atom is -0.465 e. The summed E-state index contributed by atoms with van der Waals surface area (Å²) in [6.45, 7) is 7.36. The van der Waals surface area contributed by atoms with Crippen molar-refractivity contribution in [3.63, 3.8) is 0 Å². The van der Waals surface area contributed by atoms with E-state index in [1.54, 1.807) is 28.1 Å². The predicted octanol–water partition coefficient (Wildman–Crippen LogP) is 2.84. The van der Waals surface area contributed by atoms with Crippen molar-refractivity contribution in [2.24, 2.45) is 5.92 Å². The van der Waals surface area contributed by atoms with Crippen molar-refractivity contribution in [3.05, 3.63) is 73.3 Å². The molecule has 7 heteroatoms. The molecule has 0 heterocycles. The number of hydrogen-bond acceptors (Lipinski definition) is 6. The summed E-state index contributed by atoms with van der Waals surface area (Å²) in [6.07, 6.45) is 1.75. The van der Waals surface area contributed by atoms with E-state index in [1.165, 1.54) is 6.08 Å². The first-order chi connectivity index (χ1) is 15.0. The summed E-state index contributed by atoms with van der Waals surface area (Å²) in [7, 11) is 0.940. The molecule has 0 atom stereocenters. The van der Waals surface area contributed by atoms with Gasteiger partial charge < -0.3 is 18.3 Å². The van der Waals surface area contributed by atoms with Crippen LogP contribution in [0.25, 0.3) is 0 Å². The van der Waals surface area contributed by atoms with Gasteiger partial charge in [-0.1, -0.05) is 66.7 Å². The highest BCUT2D eigenvalue weighted by atomic mass is 28.4. The molecule has 0 saturated heterocycles. The first-order valence-corrected chi connectivity index (χ1v) is 12.0. The minimum absolute atomic E-state index is 0.248. The third-order valence-electron chi connectivity index (χ3n) is 4.43. The lowest BCUT2D eigenvalue weighted by Crippen LogP contribution is -2.62. The average Bonchev–Trinajstić information content (AvgIpc) is 2.81. The van der Waals surface area contributed by atoms with E-state index in [2.05, 4.69) is 30.8 Å². The second kappa shape index (κ2) is 14.3. The SMILES string of the molecule is C=CCC(C(=O)OCC)C(=O)OCC.CO[Si](OC)(c1ccccc1)c1ccccc1. The molecule has 0 aliphatic heterocycles. The number of hydrogen-bond donors (Lipinski definition) is 0. The second-order valence-corrected chi connectivity index (χ2v) is 9.54. The van der Waals surface area contributed by atoms with E-state index in [1.807, 2.05) is 36.4 Å². The van der Waals surface area contributed by atoms with Crippen LogP contribution in [0.5, 0.6) is 0 Å². The number of allylic oxidation sites excluding steroid dienone is 1. The molecule has 0 bridgehead atoms. The zero-order valence-electron chi connectivity index (χ0n) is 18.7. The minimum atomic E-state index is -2.50. The van der Waals surface area contributed by atoms with Crippen molar-refractivity contribution in [2.45, 2.75) is 20.3 Å². The molecule has 0 radical (unpaired) electrons. The Kier molecular flexibility index (Phi) is 12.1. The van der Waals surface area contributed by atoms with Gasteiger partial charge in [-0.25, -0.2) is 0 Å². The van der Waals surface area contributed by atoms with Crippen molar-refractivity contribution < 1.29 is 27.9 Å². The van der Waals surface area contributed by atoms with Gasteiger partial charge in [0, 0.05) is 14.2 Å². The highest BCUT2D eigenvalue weighted by molar-refractivity contribution is 6.92. The summed E-state index contributed by atoms with van der Waals surface area (Å²) >= 11 is 0. The number of ether oxygens (including phenoxy) is 2. The smallest absolute Gasteiger partial charge is 0.406 e. The van der Waals surface area contributed by atoms with Crippen LogP contribution in [-0.4, -0.2) is 47.9 Å². The molecule has 0 saturated carbocycles. The summed E-state index contributed by atoms with van der Waals surface area (Å²) in [5.41, 5.74) is 0. The monoisotopic (exact) mass is 444 g/mol. The number of esters is 2. The zero-order valence-corrected chi connectivity index (χ0v) is 19.7. The van der Waals surface area contributed by atoms with Crippen molar-refractivity contribution in [3.8, 4) is 0 Å². The highest BCUT2D eigenvalue weighted by Gasteiger charge is 2.40. The van der Waals surface area contributed by atoms with Gasteiger partial charge in [-0.05, 0) is 30.6 Å². The summed E-state index contributed by atoms with van der Waals surface area (Å²) < 4.78 is 21.0. The van der Waals surface area contributed by atoms with Crippen LogP contribution in [0.3, 0.4) is 0 Å². The Bertz CT molecular complexity index is 731. The Morgan fingerprint density at radius 1 is 0.839 bits per heavy atom. The normalized spacial score (nSPS) is 10.6. The number of carbonyl (C=O) groups is 2. The van der Waals surface area contributed by atoms with Gasteiger partial charge in [-0.3, -0.25) is 9.59 Å². The summed E-state index contributed by atoms with van der Waals surface area (Å²) in [4.78, 5) is 22.6. The van der Waals surface area contributed by atoms with Crippen molar-refractivity contribution in [2.75, 3.05) is 27.4 Å². The number of rotatable bonds is 10. The fraction of sp³-hybridized carbons (Fsp3) is 0.333. The Balaban J connectivity index is 0.000000318. The zero-order chi connectivity index (χ0) is 23.1. The molecular formula is C24H32O6Si. The summed E-state index contributed by atoms with van der Waals surface area (Å²) in [5, 5.41) is 2.24. The number of benzene rings is 2. The molecule has 31 heavy (non-hydrogen) atoms. The third-order valence-corrected chi connectivity index (χ3v) is 7.76. The van der Waals surface area contributed by atoms with E-state index in [-0.39, 0.29) is 19.6 Å². The number of carbonyl (C=O) groups excluding carboxylic acids is 2. The van der Waals surface area contributed by atoms with Gasteiger partial charge in [0.2, 0.25) is 0 Å². The molecule has 2 aromatic rings. The molecule has 0 aliphatic carbocycles.